The van der Waals surface area contributed by atoms with Gasteiger partial charge in [0.2, 0.25) is 0 Å². The summed E-state index contributed by atoms with van der Waals surface area (Å²) in [7, 11) is 0. The van der Waals surface area contributed by atoms with E-state index in [1.165, 1.54) is 0 Å². The van der Waals surface area contributed by atoms with Gasteiger partial charge in [-0.3, -0.25) is 5.11 Å². The van der Waals surface area contributed by atoms with Crippen molar-refractivity contribution in [2.24, 2.45) is 0 Å². The second-order valence-electron chi connectivity index (χ2n) is 2.87. The third kappa shape index (κ3) is 0.946. The maximum atomic E-state index is 11.2. The van der Waals surface area contributed by atoms with Crippen LogP contribution in [-0.4, -0.2) is 6.10 Å². The molecule has 1 aromatic carbocycles. The van der Waals surface area contributed by atoms with Gasteiger partial charge in [-0.2, -0.15) is 0 Å². The molecule has 1 aliphatic rings. The van der Waals surface area contributed by atoms with Gasteiger partial charge in [0.15, 0.2) is 5.75 Å². The first-order valence-electron chi connectivity index (χ1n) is 3.73. The van der Waals surface area contributed by atoms with Gasteiger partial charge >= 0.3 is 0 Å². The lowest BCUT2D eigenvalue weighted by atomic mass is 10.1. The van der Waals surface area contributed by atoms with Gasteiger partial charge in [-0.25, -0.2) is 0 Å². The Balaban J connectivity index is 2.49. The Bertz CT molecular complexity index is 281. The average Bonchev–Trinajstić information content (AvgIpc) is 2.31. The summed E-state index contributed by atoms with van der Waals surface area (Å²) in [5.74, 6) is 0.872. The molecule has 0 spiro atoms. The molecule has 2 nitrogen and oxygen atoms in total. The van der Waals surface area contributed by atoms with E-state index in [1.807, 2.05) is 13.0 Å². The van der Waals surface area contributed by atoms with Gasteiger partial charge in [0.05, 0.1) is 0 Å². The van der Waals surface area contributed by atoms with E-state index in [0.29, 0.717) is 0 Å². The average molecular weight is 149 g/mol. The first-order chi connectivity index (χ1) is 5.27. The molecule has 1 heterocycles. The fourth-order valence-corrected chi connectivity index (χ4v) is 1.40. The Kier molecular flexibility index (Phi) is 1.28. The van der Waals surface area contributed by atoms with Crippen LogP contribution in [0.4, 0.5) is 0 Å². The molecular formula is C9H9O2. The first kappa shape index (κ1) is 6.53. The molecule has 0 aliphatic carbocycles. The molecule has 0 saturated carbocycles. The van der Waals surface area contributed by atoms with Gasteiger partial charge in [-0.15, -0.1) is 0 Å². The van der Waals surface area contributed by atoms with Crippen LogP contribution in [-0.2, 0) is 11.5 Å². The highest BCUT2D eigenvalue weighted by atomic mass is 16.5. The van der Waals surface area contributed by atoms with Crippen LogP contribution < -0.4 is 4.74 Å². The van der Waals surface area contributed by atoms with E-state index >= 15 is 0 Å². The van der Waals surface area contributed by atoms with Crippen molar-refractivity contribution in [3.63, 3.8) is 0 Å². The van der Waals surface area contributed by atoms with Crippen LogP contribution in [0.5, 0.6) is 11.5 Å². The van der Waals surface area contributed by atoms with Crippen LogP contribution in [0.2, 0.25) is 0 Å². The van der Waals surface area contributed by atoms with Crippen LogP contribution >= 0.6 is 0 Å². The minimum atomic E-state index is 0.104. The molecule has 0 N–H and O–H groups in total. The minimum Gasteiger partial charge on any atom is -0.490 e. The lowest BCUT2D eigenvalue weighted by Gasteiger charge is -2.00. The van der Waals surface area contributed by atoms with Crippen molar-refractivity contribution in [2.45, 2.75) is 19.4 Å². The Morgan fingerprint density at radius 2 is 2.36 bits per heavy atom. The summed E-state index contributed by atoms with van der Waals surface area (Å²) in [6.45, 7) is 1.97. The summed E-state index contributed by atoms with van der Waals surface area (Å²) in [4.78, 5) is 0. The van der Waals surface area contributed by atoms with E-state index in [-0.39, 0.29) is 11.9 Å². The van der Waals surface area contributed by atoms with Gasteiger partial charge in [-0.05, 0) is 19.1 Å². The molecule has 2 heteroatoms. The highest BCUT2D eigenvalue weighted by Crippen LogP contribution is 2.34. The largest absolute Gasteiger partial charge is 0.490 e. The number of fused-ring (bicyclic) bond motifs is 1. The van der Waals surface area contributed by atoms with Crippen LogP contribution in [0.3, 0.4) is 0 Å². The fourth-order valence-electron chi connectivity index (χ4n) is 1.40. The fraction of sp³-hybridized carbons (Fsp3) is 0.333. The van der Waals surface area contributed by atoms with Crippen molar-refractivity contribution in [2.75, 3.05) is 0 Å². The number of rotatable bonds is 0. The van der Waals surface area contributed by atoms with Gasteiger partial charge in [0.1, 0.15) is 11.9 Å². The number of hydrogen-bond donors (Lipinski definition) is 0. The highest BCUT2D eigenvalue weighted by Gasteiger charge is 2.21. The maximum Gasteiger partial charge on any atom is 0.185 e. The van der Waals surface area contributed by atoms with E-state index in [4.69, 9.17) is 4.74 Å². The Labute approximate surface area is 65.4 Å². The van der Waals surface area contributed by atoms with Crippen LogP contribution in [0.1, 0.15) is 12.5 Å². The second-order valence-corrected chi connectivity index (χ2v) is 2.87. The molecule has 1 aliphatic heterocycles. The molecule has 2 rings (SSSR count). The Morgan fingerprint density at radius 1 is 1.55 bits per heavy atom. The standard InChI is InChI=1S/C9H9O2/c1-6-5-7-8(10)3-2-4-9(7)11-6/h2-4,6H,5H2,1H3. The predicted molar refractivity (Wildman–Crippen MR) is 40.4 cm³/mol. The summed E-state index contributed by atoms with van der Waals surface area (Å²) in [6.07, 6.45) is 0.926. The van der Waals surface area contributed by atoms with Crippen LogP contribution in [0.15, 0.2) is 18.2 Å². The van der Waals surface area contributed by atoms with E-state index in [9.17, 15) is 5.11 Å². The number of hydrogen-bond acceptors (Lipinski definition) is 1. The molecule has 1 radical (unpaired) electrons. The number of ether oxygens (including phenoxy) is 1. The second kappa shape index (κ2) is 2.16. The first-order valence-corrected chi connectivity index (χ1v) is 3.73. The van der Waals surface area contributed by atoms with E-state index in [0.717, 1.165) is 17.7 Å². The minimum absolute atomic E-state index is 0.104. The van der Waals surface area contributed by atoms with Crippen molar-refractivity contribution in [3.05, 3.63) is 23.8 Å². The van der Waals surface area contributed by atoms with Crippen molar-refractivity contribution in [1.29, 1.82) is 0 Å². The summed E-state index contributed by atoms with van der Waals surface area (Å²) in [6, 6.07) is 5.17. The van der Waals surface area contributed by atoms with Crippen molar-refractivity contribution in [1.82, 2.24) is 0 Å². The lowest BCUT2D eigenvalue weighted by Crippen LogP contribution is -2.05. The zero-order valence-electron chi connectivity index (χ0n) is 6.33. The molecule has 0 aromatic heterocycles. The van der Waals surface area contributed by atoms with Gasteiger partial charge < -0.3 is 4.74 Å². The smallest absolute Gasteiger partial charge is 0.185 e. The molecular weight excluding hydrogens is 140 g/mol. The summed E-state index contributed by atoms with van der Waals surface area (Å²) >= 11 is 0. The molecule has 0 fully saturated rings. The van der Waals surface area contributed by atoms with E-state index < -0.39 is 0 Å². The quantitative estimate of drug-likeness (QED) is 0.555. The normalized spacial score (nSPS) is 21.0. The van der Waals surface area contributed by atoms with Crippen LogP contribution in [0, 0.1) is 0 Å². The molecule has 0 bridgehead atoms. The molecule has 0 saturated heterocycles. The van der Waals surface area contributed by atoms with E-state index in [1.54, 1.807) is 12.1 Å². The topological polar surface area (TPSA) is 29.1 Å². The molecule has 1 unspecified atom stereocenters. The molecule has 11 heavy (non-hydrogen) atoms. The van der Waals surface area contributed by atoms with Crippen molar-refractivity contribution in [3.8, 4) is 11.5 Å². The SMILES string of the molecule is CC1Cc2c([O])cccc2O1. The zero-order chi connectivity index (χ0) is 7.84. The van der Waals surface area contributed by atoms with Gasteiger partial charge in [0, 0.05) is 12.0 Å². The predicted octanol–water partition coefficient (Wildman–Crippen LogP) is 2.15. The van der Waals surface area contributed by atoms with Crippen molar-refractivity contribution < 1.29 is 9.84 Å². The van der Waals surface area contributed by atoms with Crippen molar-refractivity contribution >= 4 is 0 Å². The van der Waals surface area contributed by atoms with Gasteiger partial charge in [0.25, 0.3) is 0 Å². The zero-order valence-corrected chi connectivity index (χ0v) is 6.33. The Morgan fingerprint density at radius 3 is 3.09 bits per heavy atom. The summed E-state index contributed by atoms with van der Waals surface area (Å²) < 4.78 is 5.39. The maximum absolute atomic E-state index is 11.2. The summed E-state index contributed by atoms with van der Waals surface area (Å²) in [5, 5.41) is 11.2. The lowest BCUT2D eigenvalue weighted by molar-refractivity contribution is 0.254. The third-order valence-electron chi connectivity index (χ3n) is 1.91. The highest BCUT2D eigenvalue weighted by molar-refractivity contribution is 5.46. The van der Waals surface area contributed by atoms with Gasteiger partial charge in [-0.1, -0.05) is 6.07 Å². The third-order valence-corrected chi connectivity index (χ3v) is 1.91. The molecule has 0 amide bonds. The monoisotopic (exact) mass is 149 g/mol. The molecule has 1 aromatic rings. The molecule has 57 valence electrons. The molecule has 1 atom stereocenters. The van der Waals surface area contributed by atoms with E-state index in [2.05, 4.69) is 0 Å². The van der Waals surface area contributed by atoms with Crippen LogP contribution in [0.25, 0.3) is 0 Å². The Hall–Kier alpha value is -1.18. The summed E-state index contributed by atoms with van der Waals surface area (Å²) in [5.41, 5.74) is 0.833. The number of benzene rings is 1.